The van der Waals surface area contributed by atoms with Gasteiger partial charge in [-0.3, -0.25) is 4.79 Å². The average molecular weight is 392 g/mol. The Balaban J connectivity index is 1.46. The van der Waals surface area contributed by atoms with Crippen LogP contribution >= 0.6 is 11.3 Å². The van der Waals surface area contributed by atoms with E-state index in [2.05, 4.69) is 15.0 Å². The summed E-state index contributed by atoms with van der Waals surface area (Å²) in [5.74, 6) is 0.861. The van der Waals surface area contributed by atoms with Gasteiger partial charge < -0.3 is 14.3 Å². The van der Waals surface area contributed by atoms with Crippen molar-refractivity contribution in [2.45, 2.75) is 32.2 Å². The zero-order valence-corrected chi connectivity index (χ0v) is 16.3. The fraction of sp³-hybridized carbons (Fsp3) is 0.286. The molecule has 0 spiro atoms. The van der Waals surface area contributed by atoms with Crippen LogP contribution in [0, 0.1) is 6.92 Å². The van der Waals surface area contributed by atoms with Crippen molar-refractivity contribution >= 4 is 28.2 Å². The maximum absolute atomic E-state index is 13.1. The van der Waals surface area contributed by atoms with Crippen LogP contribution in [-0.4, -0.2) is 32.3 Å². The Morgan fingerprint density at radius 2 is 2.25 bits per heavy atom. The number of aromatic amines is 1. The summed E-state index contributed by atoms with van der Waals surface area (Å²) in [6.45, 7) is 2.68. The molecule has 7 heteroatoms. The number of rotatable bonds is 4. The van der Waals surface area contributed by atoms with E-state index in [0.29, 0.717) is 19.4 Å². The molecule has 1 N–H and O–H groups in total. The number of fused-ring (bicyclic) bond motifs is 2. The van der Waals surface area contributed by atoms with Crippen LogP contribution < -0.4 is 0 Å². The van der Waals surface area contributed by atoms with Crippen molar-refractivity contribution in [1.29, 1.82) is 0 Å². The number of thiazole rings is 1. The molecule has 28 heavy (non-hydrogen) atoms. The maximum Gasteiger partial charge on any atom is 0.223 e. The molecule has 1 aromatic carbocycles. The zero-order valence-electron chi connectivity index (χ0n) is 15.5. The number of para-hydroxylation sites is 1. The number of aryl methyl sites for hydroxylation is 2. The van der Waals surface area contributed by atoms with E-state index < -0.39 is 0 Å². The van der Waals surface area contributed by atoms with Crippen LogP contribution in [0.25, 0.3) is 11.0 Å². The highest BCUT2D eigenvalue weighted by Crippen LogP contribution is 2.36. The van der Waals surface area contributed by atoms with Crippen molar-refractivity contribution in [2.24, 2.45) is 0 Å². The molecule has 0 bridgehead atoms. The van der Waals surface area contributed by atoms with Gasteiger partial charge in [0.2, 0.25) is 5.91 Å². The van der Waals surface area contributed by atoms with Gasteiger partial charge in [0.05, 0.1) is 17.0 Å². The van der Waals surface area contributed by atoms with Crippen LogP contribution in [0.4, 0.5) is 0 Å². The molecule has 5 rings (SSSR count). The lowest BCUT2D eigenvalue weighted by Crippen LogP contribution is -2.40. The summed E-state index contributed by atoms with van der Waals surface area (Å²) in [6, 6.07) is 9.64. The Hall–Kier alpha value is -2.93. The molecular formula is C21H20N4O2S. The second-order valence-electron chi connectivity index (χ2n) is 7.06. The van der Waals surface area contributed by atoms with E-state index in [9.17, 15) is 4.79 Å². The van der Waals surface area contributed by atoms with E-state index in [-0.39, 0.29) is 11.9 Å². The lowest BCUT2D eigenvalue weighted by atomic mass is 9.99. The van der Waals surface area contributed by atoms with Crippen molar-refractivity contribution in [3.8, 4) is 0 Å². The Kier molecular flexibility index (Phi) is 4.24. The van der Waals surface area contributed by atoms with Crippen LogP contribution in [0.2, 0.25) is 0 Å². The first-order valence-corrected chi connectivity index (χ1v) is 10.2. The number of amides is 1. The maximum atomic E-state index is 13.1. The van der Waals surface area contributed by atoms with Gasteiger partial charge in [0.1, 0.15) is 17.4 Å². The molecule has 1 atom stereocenters. The largest absolute Gasteiger partial charge is 0.458 e. The molecule has 0 radical (unpaired) electrons. The predicted octanol–water partition coefficient (Wildman–Crippen LogP) is 4.03. The minimum absolute atomic E-state index is 0.104. The number of nitrogens with zero attached hydrogens (tertiary/aromatic N) is 3. The highest BCUT2D eigenvalue weighted by atomic mass is 32.1. The number of carbonyl (C=O) groups excluding carboxylic acids is 1. The fourth-order valence-electron chi connectivity index (χ4n) is 3.85. The number of hydrogen-bond donors (Lipinski definition) is 1. The number of imidazole rings is 1. The molecule has 1 aliphatic heterocycles. The molecule has 0 saturated carbocycles. The van der Waals surface area contributed by atoms with E-state index >= 15 is 0 Å². The van der Waals surface area contributed by atoms with E-state index in [0.717, 1.165) is 39.5 Å². The fourth-order valence-corrected chi connectivity index (χ4v) is 4.63. The van der Waals surface area contributed by atoms with E-state index in [4.69, 9.17) is 4.42 Å². The number of carbonyl (C=O) groups is 1. The number of hydrogen-bond acceptors (Lipinski definition) is 5. The Morgan fingerprint density at radius 1 is 1.36 bits per heavy atom. The van der Waals surface area contributed by atoms with Crippen molar-refractivity contribution in [3.05, 3.63) is 69.9 Å². The zero-order chi connectivity index (χ0) is 19.1. The SMILES string of the molecule is Cc1cnc(CCC(=O)N2CCc3[nH]cnc3[C@H]2c2cc3ccccc3o2)s1. The van der Waals surface area contributed by atoms with E-state index in [1.54, 1.807) is 17.7 Å². The van der Waals surface area contributed by atoms with Crippen LogP contribution in [0.5, 0.6) is 0 Å². The van der Waals surface area contributed by atoms with Gasteiger partial charge in [-0.25, -0.2) is 9.97 Å². The van der Waals surface area contributed by atoms with E-state index in [1.807, 2.05) is 48.4 Å². The summed E-state index contributed by atoms with van der Waals surface area (Å²) in [6.07, 6.45) is 5.43. The molecule has 4 aromatic rings. The van der Waals surface area contributed by atoms with Crippen LogP contribution in [0.3, 0.4) is 0 Å². The lowest BCUT2D eigenvalue weighted by Gasteiger charge is -2.33. The molecule has 6 nitrogen and oxygen atoms in total. The number of aromatic nitrogens is 3. The molecule has 1 aliphatic rings. The summed E-state index contributed by atoms with van der Waals surface area (Å²) >= 11 is 1.65. The third-order valence-corrected chi connectivity index (χ3v) is 6.15. The second kappa shape index (κ2) is 6.91. The molecule has 4 heterocycles. The molecule has 3 aromatic heterocycles. The van der Waals surface area contributed by atoms with Gasteiger partial charge in [0, 0.05) is 48.0 Å². The Labute approximate surface area is 166 Å². The molecule has 0 aliphatic carbocycles. The van der Waals surface area contributed by atoms with Gasteiger partial charge in [0.15, 0.2) is 0 Å². The van der Waals surface area contributed by atoms with Crippen LogP contribution in [0.15, 0.2) is 47.3 Å². The predicted molar refractivity (Wildman–Crippen MR) is 107 cm³/mol. The first-order chi connectivity index (χ1) is 13.7. The van der Waals surface area contributed by atoms with Gasteiger partial charge in [-0.15, -0.1) is 11.3 Å². The van der Waals surface area contributed by atoms with Gasteiger partial charge in [-0.05, 0) is 19.1 Å². The lowest BCUT2D eigenvalue weighted by molar-refractivity contribution is -0.133. The van der Waals surface area contributed by atoms with E-state index in [1.165, 1.54) is 4.88 Å². The quantitative estimate of drug-likeness (QED) is 0.569. The molecular weight excluding hydrogens is 372 g/mol. The topological polar surface area (TPSA) is 75.0 Å². The Bertz CT molecular complexity index is 1110. The van der Waals surface area contributed by atoms with Gasteiger partial charge in [0.25, 0.3) is 0 Å². The van der Waals surface area contributed by atoms with Crippen LogP contribution in [0.1, 0.15) is 39.5 Å². The highest BCUT2D eigenvalue weighted by molar-refractivity contribution is 7.11. The van der Waals surface area contributed by atoms with Crippen molar-refractivity contribution in [2.75, 3.05) is 6.54 Å². The third kappa shape index (κ3) is 3.01. The molecule has 0 saturated heterocycles. The number of furan rings is 1. The number of benzene rings is 1. The van der Waals surface area contributed by atoms with Crippen molar-refractivity contribution in [3.63, 3.8) is 0 Å². The summed E-state index contributed by atoms with van der Waals surface area (Å²) in [7, 11) is 0. The number of H-pyrrole nitrogens is 1. The van der Waals surface area contributed by atoms with Gasteiger partial charge in [-0.1, -0.05) is 18.2 Å². The summed E-state index contributed by atoms with van der Waals surface area (Å²) in [5, 5.41) is 2.04. The minimum Gasteiger partial charge on any atom is -0.458 e. The van der Waals surface area contributed by atoms with Crippen molar-refractivity contribution < 1.29 is 9.21 Å². The standard InChI is InChI=1S/C21H20N4O2S/c1-13-11-22-18(28-13)6-7-19(26)25-9-8-15-20(24-12-23-15)21(25)17-10-14-4-2-3-5-16(14)27-17/h2-5,10-12,21H,6-9H2,1H3,(H,23,24)/t21-/m1/s1. The molecule has 0 unspecified atom stereocenters. The number of nitrogens with one attached hydrogen (secondary N) is 1. The molecule has 142 valence electrons. The second-order valence-corrected chi connectivity index (χ2v) is 8.38. The Morgan fingerprint density at radius 3 is 3.07 bits per heavy atom. The first-order valence-electron chi connectivity index (χ1n) is 9.40. The monoisotopic (exact) mass is 392 g/mol. The normalized spacial score (nSPS) is 16.5. The molecule has 1 amide bonds. The highest BCUT2D eigenvalue weighted by Gasteiger charge is 2.36. The summed E-state index contributed by atoms with van der Waals surface area (Å²) in [4.78, 5) is 28.3. The third-order valence-electron chi connectivity index (χ3n) is 5.18. The van der Waals surface area contributed by atoms with Gasteiger partial charge in [-0.2, -0.15) is 0 Å². The first kappa shape index (κ1) is 17.2. The van der Waals surface area contributed by atoms with Gasteiger partial charge >= 0.3 is 0 Å². The van der Waals surface area contributed by atoms with Crippen LogP contribution in [-0.2, 0) is 17.6 Å². The minimum atomic E-state index is -0.298. The van der Waals surface area contributed by atoms with Crippen molar-refractivity contribution in [1.82, 2.24) is 19.9 Å². The summed E-state index contributed by atoms with van der Waals surface area (Å²) in [5.41, 5.74) is 2.78. The molecule has 0 fully saturated rings. The summed E-state index contributed by atoms with van der Waals surface area (Å²) < 4.78 is 6.12. The smallest absolute Gasteiger partial charge is 0.223 e. The average Bonchev–Trinajstić information content (AvgIpc) is 3.43.